The third-order valence-corrected chi connectivity index (χ3v) is 6.97. The van der Waals surface area contributed by atoms with E-state index in [0.717, 1.165) is 28.0 Å². The third kappa shape index (κ3) is 10.3. The Kier molecular flexibility index (Phi) is 13.4. The summed E-state index contributed by atoms with van der Waals surface area (Å²) in [5.74, 6) is -0.439. The summed E-state index contributed by atoms with van der Waals surface area (Å²) >= 11 is 0. The average molecular weight is 615 g/mol. The van der Waals surface area contributed by atoms with Crippen molar-refractivity contribution in [3.63, 3.8) is 0 Å². The van der Waals surface area contributed by atoms with Crippen LogP contribution in [0.25, 0.3) is 0 Å². The molecule has 3 amide bonds. The van der Waals surface area contributed by atoms with Gasteiger partial charge in [0, 0.05) is 31.5 Å². The van der Waals surface area contributed by atoms with Gasteiger partial charge in [-0.05, 0) is 53.4 Å². The fourth-order valence-electron chi connectivity index (χ4n) is 4.60. The smallest absolute Gasteiger partial charge is 0.251 e. The molecule has 0 aliphatic carbocycles. The van der Waals surface area contributed by atoms with Gasteiger partial charge >= 0.3 is 0 Å². The molecule has 4 aromatic carbocycles. The number of carbonyl (C=O) groups excluding carboxylic acids is 3. The van der Waals surface area contributed by atoms with Crippen molar-refractivity contribution in [1.29, 1.82) is 0 Å². The average Bonchev–Trinajstić information content (AvgIpc) is 3.05. The van der Waals surface area contributed by atoms with Crippen LogP contribution in [0.15, 0.2) is 109 Å². The highest BCUT2D eigenvalue weighted by Crippen LogP contribution is 2.15. The van der Waals surface area contributed by atoms with E-state index in [1.807, 2.05) is 91.9 Å². The Morgan fingerprint density at radius 1 is 0.659 bits per heavy atom. The molecule has 2 unspecified atom stereocenters. The van der Waals surface area contributed by atoms with Gasteiger partial charge in [-0.2, -0.15) is 0 Å². The molecule has 5 N–H and O–H groups in total. The molecule has 0 heterocycles. The quantitative estimate of drug-likeness (QED) is 0.168. The van der Waals surface area contributed by atoms with Gasteiger partial charge in [0.05, 0.1) is 6.61 Å². The van der Waals surface area contributed by atoms with Gasteiger partial charge in [-0.15, -0.1) is 12.4 Å². The second-order valence-electron chi connectivity index (χ2n) is 10.2. The van der Waals surface area contributed by atoms with E-state index in [4.69, 9.17) is 10.5 Å². The lowest BCUT2D eigenvalue weighted by atomic mass is 10.0. The number of nitrogens with two attached hydrogens (primary N) is 1. The Balaban J connectivity index is 0.00000529. The van der Waals surface area contributed by atoms with Gasteiger partial charge < -0.3 is 26.4 Å². The standard InChI is InChI=1S/C35H38N4O4.ClH/c1-2-43-30-19-17-26(18-20-30)22-32(38-33(40)29-11-7-4-8-12-29)35(42)39-31(21-25-9-5-3-6-10-25)34(41)37-24-28-15-13-27(23-36)14-16-28;/h3-20,31-32H,2,21-24,36H2,1H3,(H,37,41)(H,38,40)(H,39,42);1H. The van der Waals surface area contributed by atoms with Crippen LogP contribution in [-0.2, 0) is 35.5 Å². The zero-order valence-corrected chi connectivity index (χ0v) is 25.5. The predicted molar refractivity (Wildman–Crippen MR) is 175 cm³/mol. The van der Waals surface area contributed by atoms with E-state index in [9.17, 15) is 14.4 Å². The highest BCUT2D eigenvalue weighted by molar-refractivity contribution is 5.98. The third-order valence-electron chi connectivity index (χ3n) is 6.97. The maximum atomic E-state index is 13.8. The van der Waals surface area contributed by atoms with Crippen molar-refractivity contribution < 1.29 is 19.1 Å². The van der Waals surface area contributed by atoms with E-state index in [-0.39, 0.29) is 37.1 Å². The van der Waals surface area contributed by atoms with Crippen LogP contribution in [-0.4, -0.2) is 36.4 Å². The van der Waals surface area contributed by atoms with Crippen molar-refractivity contribution in [2.24, 2.45) is 5.73 Å². The van der Waals surface area contributed by atoms with Crippen LogP contribution in [0.2, 0.25) is 0 Å². The summed E-state index contributed by atoms with van der Waals surface area (Å²) < 4.78 is 5.54. The minimum absolute atomic E-state index is 0. The molecule has 9 heteroatoms. The number of amides is 3. The topological polar surface area (TPSA) is 123 Å². The van der Waals surface area contributed by atoms with E-state index < -0.39 is 18.0 Å². The van der Waals surface area contributed by atoms with Crippen LogP contribution < -0.4 is 26.4 Å². The number of halogens is 1. The molecule has 2 atom stereocenters. The lowest BCUT2D eigenvalue weighted by molar-refractivity contribution is -0.130. The van der Waals surface area contributed by atoms with Crippen LogP contribution in [0.3, 0.4) is 0 Å². The summed E-state index contributed by atoms with van der Waals surface area (Å²) in [5.41, 5.74) is 9.78. The predicted octanol–water partition coefficient (Wildman–Crippen LogP) is 4.35. The van der Waals surface area contributed by atoms with E-state index in [2.05, 4.69) is 16.0 Å². The first-order valence-electron chi connectivity index (χ1n) is 14.4. The first-order chi connectivity index (χ1) is 20.9. The monoisotopic (exact) mass is 614 g/mol. The Bertz CT molecular complexity index is 1470. The Morgan fingerprint density at radius 3 is 1.77 bits per heavy atom. The fraction of sp³-hybridized carbons (Fsp3) is 0.229. The maximum Gasteiger partial charge on any atom is 0.251 e. The Morgan fingerprint density at radius 2 is 1.18 bits per heavy atom. The number of ether oxygens (including phenoxy) is 1. The lowest BCUT2D eigenvalue weighted by Crippen LogP contribution is -2.55. The van der Waals surface area contributed by atoms with E-state index in [1.54, 1.807) is 24.3 Å². The van der Waals surface area contributed by atoms with Gasteiger partial charge in [-0.1, -0.05) is 84.9 Å². The molecule has 0 saturated carbocycles. The van der Waals surface area contributed by atoms with Crippen LogP contribution >= 0.6 is 12.4 Å². The number of benzene rings is 4. The molecule has 0 saturated heterocycles. The molecular weight excluding hydrogens is 576 g/mol. The second-order valence-corrected chi connectivity index (χ2v) is 10.2. The van der Waals surface area contributed by atoms with E-state index in [0.29, 0.717) is 25.3 Å². The van der Waals surface area contributed by atoms with E-state index >= 15 is 0 Å². The molecule has 0 spiro atoms. The molecule has 4 aromatic rings. The zero-order chi connectivity index (χ0) is 30.4. The van der Waals surface area contributed by atoms with Crippen molar-refractivity contribution in [3.8, 4) is 5.75 Å². The van der Waals surface area contributed by atoms with Crippen molar-refractivity contribution in [1.82, 2.24) is 16.0 Å². The van der Waals surface area contributed by atoms with Gasteiger partial charge in [0.15, 0.2) is 0 Å². The lowest BCUT2D eigenvalue weighted by Gasteiger charge is -2.24. The summed E-state index contributed by atoms with van der Waals surface area (Å²) in [6.07, 6.45) is 0.511. The summed E-state index contributed by atoms with van der Waals surface area (Å²) in [6.45, 7) is 3.19. The number of hydrogen-bond acceptors (Lipinski definition) is 5. The molecule has 0 bridgehead atoms. The Labute approximate surface area is 264 Å². The number of carbonyl (C=O) groups is 3. The number of rotatable bonds is 14. The SMILES string of the molecule is CCOc1ccc(CC(NC(=O)c2ccccc2)C(=O)NC(Cc2ccccc2)C(=O)NCc2ccc(CN)cc2)cc1.Cl. The Hall–Kier alpha value is -4.66. The minimum atomic E-state index is -0.930. The maximum absolute atomic E-state index is 13.8. The molecule has 0 aliphatic heterocycles. The van der Waals surface area contributed by atoms with Crippen molar-refractivity contribution in [3.05, 3.63) is 137 Å². The van der Waals surface area contributed by atoms with Crippen molar-refractivity contribution in [2.75, 3.05) is 6.61 Å². The highest BCUT2D eigenvalue weighted by atomic mass is 35.5. The van der Waals surface area contributed by atoms with Gasteiger partial charge in [0.25, 0.3) is 5.91 Å². The fourth-order valence-corrected chi connectivity index (χ4v) is 4.60. The summed E-state index contributed by atoms with van der Waals surface area (Å²) in [6, 6.07) is 31.5. The minimum Gasteiger partial charge on any atom is -0.494 e. The van der Waals surface area contributed by atoms with Crippen LogP contribution in [0, 0.1) is 0 Å². The zero-order valence-electron chi connectivity index (χ0n) is 24.7. The van der Waals surface area contributed by atoms with Gasteiger partial charge in [-0.3, -0.25) is 14.4 Å². The van der Waals surface area contributed by atoms with Crippen molar-refractivity contribution in [2.45, 2.75) is 44.9 Å². The number of nitrogens with one attached hydrogen (secondary N) is 3. The first-order valence-corrected chi connectivity index (χ1v) is 14.4. The first kappa shape index (κ1) is 33.8. The summed E-state index contributed by atoms with van der Waals surface area (Å²) in [4.78, 5) is 40.4. The summed E-state index contributed by atoms with van der Waals surface area (Å²) in [7, 11) is 0. The van der Waals surface area contributed by atoms with E-state index in [1.165, 1.54) is 0 Å². The van der Waals surface area contributed by atoms with Crippen LogP contribution in [0.4, 0.5) is 0 Å². The van der Waals surface area contributed by atoms with Crippen LogP contribution in [0.5, 0.6) is 5.75 Å². The van der Waals surface area contributed by atoms with Gasteiger partial charge in [0.1, 0.15) is 17.8 Å². The van der Waals surface area contributed by atoms with Gasteiger partial charge in [0.2, 0.25) is 11.8 Å². The molecule has 0 fully saturated rings. The largest absolute Gasteiger partial charge is 0.494 e. The molecule has 0 aromatic heterocycles. The molecular formula is C35H39ClN4O4. The molecule has 4 rings (SSSR count). The van der Waals surface area contributed by atoms with Crippen LogP contribution in [0.1, 0.15) is 39.5 Å². The number of hydrogen-bond donors (Lipinski definition) is 4. The van der Waals surface area contributed by atoms with Crippen molar-refractivity contribution >= 4 is 30.1 Å². The normalized spacial score (nSPS) is 11.8. The van der Waals surface area contributed by atoms with Gasteiger partial charge in [-0.25, -0.2) is 0 Å². The second kappa shape index (κ2) is 17.5. The molecule has 0 aliphatic rings. The highest BCUT2D eigenvalue weighted by Gasteiger charge is 2.27. The molecule has 0 radical (unpaired) electrons. The molecule has 44 heavy (non-hydrogen) atoms. The molecule has 230 valence electrons. The molecule has 8 nitrogen and oxygen atoms in total. The summed E-state index contributed by atoms with van der Waals surface area (Å²) in [5, 5.41) is 8.75.